The van der Waals surface area contributed by atoms with E-state index in [-0.39, 0.29) is 5.82 Å². The summed E-state index contributed by atoms with van der Waals surface area (Å²) >= 11 is 1.82. The van der Waals surface area contributed by atoms with E-state index in [4.69, 9.17) is 15.7 Å². The lowest BCUT2D eigenvalue weighted by Gasteiger charge is -2.24. The molecule has 2 heterocycles. The lowest BCUT2D eigenvalue weighted by Crippen LogP contribution is -2.30. The highest BCUT2D eigenvalue weighted by atomic mass is 32.1. The highest BCUT2D eigenvalue weighted by Gasteiger charge is 2.27. The molecule has 0 aliphatic heterocycles. The Hall–Kier alpha value is -4.38. The highest BCUT2D eigenvalue weighted by Crippen LogP contribution is 2.47. The van der Waals surface area contributed by atoms with Crippen LogP contribution in [0, 0.1) is 0 Å². The third-order valence-corrected chi connectivity index (χ3v) is 8.85. The smallest absolute Gasteiger partial charge is 0.127 e. The lowest BCUT2D eigenvalue weighted by molar-refractivity contribution is 0.205. The maximum absolute atomic E-state index is 10.9. The van der Waals surface area contributed by atoms with Crippen LogP contribution in [0.4, 0.5) is 0 Å². The van der Waals surface area contributed by atoms with Gasteiger partial charge in [0.1, 0.15) is 21.5 Å². The summed E-state index contributed by atoms with van der Waals surface area (Å²) in [5.74, 6) is 0.183. The number of benzene rings is 6. The molecule has 0 fully saturated rings. The zero-order valence-electron chi connectivity index (χ0n) is 21.4. The van der Waals surface area contributed by atoms with Crippen molar-refractivity contribution in [3.8, 4) is 16.8 Å². The molecule has 184 valence electrons. The second-order valence-corrected chi connectivity index (χ2v) is 11.3. The van der Waals surface area contributed by atoms with Crippen LogP contribution in [-0.2, 0) is 5.40 Å². The van der Waals surface area contributed by atoms with Crippen molar-refractivity contribution in [3.63, 3.8) is 0 Å². The number of nitrogens with zero attached hydrogens (tertiary/aromatic N) is 2. The van der Waals surface area contributed by atoms with Crippen LogP contribution in [0.5, 0.6) is 0 Å². The van der Waals surface area contributed by atoms with Crippen molar-refractivity contribution < 1.29 is 5.11 Å². The fourth-order valence-corrected chi connectivity index (χ4v) is 7.27. The first kappa shape index (κ1) is 23.5. The third kappa shape index (κ3) is 3.33. The molecule has 0 unspecified atom stereocenters. The Kier molecular flexibility index (Phi) is 5.03. The minimum Gasteiger partial charge on any atom is -0.402 e. The highest BCUT2D eigenvalue weighted by molar-refractivity contribution is 7.25. The van der Waals surface area contributed by atoms with Crippen LogP contribution >= 0.6 is 11.3 Å². The predicted octanol–water partition coefficient (Wildman–Crippen LogP) is 7.81. The molecular weight excluding hydrogens is 506 g/mol. The maximum Gasteiger partial charge on any atom is 0.127 e. The summed E-state index contributed by atoms with van der Waals surface area (Å²) in [4.78, 5) is 4.69. The number of aromatic nitrogens is 2. The van der Waals surface area contributed by atoms with Crippen LogP contribution in [0.3, 0.4) is 0 Å². The summed E-state index contributed by atoms with van der Waals surface area (Å²) < 4.78 is 4.45. The van der Waals surface area contributed by atoms with Crippen molar-refractivity contribution in [1.82, 2.24) is 9.55 Å². The van der Waals surface area contributed by atoms with Gasteiger partial charge in [0, 0.05) is 36.3 Å². The molecule has 0 atom stereocenters. The van der Waals surface area contributed by atoms with Gasteiger partial charge in [-0.05, 0) is 46.2 Å². The number of hydrogen-bond donors (Lipinski definition) is 1. The zero-order valence-corrected chi connectivity index (χ0v) is 22.2. The molecule has 6 aromatic carbocycles. The van der Waals surface area contributed by atoms with E-state index < -0.39 is 5.40 Å². The van der Waals surface area contributed by atoms with Gasteiger partial charge in [-0.25, -0.2) is 4.98 Å². The standard InChI is InChI=1S/C34H20B2N2OS/c35-34(36,39)33-37-26-16-6-7-17-27(26)38(33)32-22-12-3-1-10-20(22)30(21-11-2-4-13-23(21)32)25-15-9-19-29-31(25)24-14-5-8-18-28(24)40-29/h1-19,39H. The largest absolute Gasteiger partial charge is 0.402 e. The average molecular weight is 526 g/mol. The van der Waals surface area contributed by atoms with Gasteiger partial charge in [-0.2, -0.15) is 0 Å². The Morgan fingerprint density at radius 1 is 0.625 bits per heavy atom. The van der Waals surface area contributed by atoms with E-state index >= 15 is 0 Å². The fourth-order valence-electron chi connectivity index (χ4n) is 6.14. The van der Waals surface area contributed by atoms with Crippen LogP contribution in [-0.4, -0.2) is 30.4 Å². The first-order valence-electron chi connectivity index (χ1n) is 13.1. The Labute approximate surface area is 237 Å². The van der Waals surface area contributed by atoms with E-state index in [1.165, 1.54) is 31.3 Å². The molecule has 0 saturated carbocycles. The van der Waals surface area contributed by atoms with Crippen molar-refractivity contribution in [2.75, 3.05) is 0 Å². The fraction of sp³-hybridized carbons (Fsp3) is 0.0294. The minimum absolute atomic E-state index is 0.183. The van der Waals surface area contributed by atoms with Gasteiger partial charge in [0.05, 0.1) is 16.7 Å². The predicted molar refractivity (Wildman–Crippen MR) is 170 cm³/mol. The van der Waals surface area contributed by atoms with Crippen molar-refractivity contribution >= 4 is 79.8 Å². The van der Waals surface area contributed by atoms with Crippen LogP contribution in [0.2, 0.25) is 0 Å². The van der Waals surface area contributed by atoms with Gasteiger partial charge in [0.15, 0.2) is 0 Å². The summed E-state index contributed by atoms with van der Waals surface area (Å²) in [6, 6.07) is 39.8. The van der Waals surface area contributed by atoms with Gasteiger partial charge in [0.25, 0.3) is 0 Å². The molecule has 8 rings (SSSR count). The van der Waals surface area contributed by atoms with E-state index in [1.807, 2.05) is 52.3 Å². The van der Waals surface area contributed by atoms with Crippen molar-refractivity contribution in [3.05, 3.63) is 121 Å². The first-order chi connectivity index (χ1) is 19.5. The maximum atomic E-state index is 10.9. The average Bonchev–Trinajstić information content (AvgIpc) is 3.55. The van der Waals surface area contributed by atoms with E-state index in [0.29, 0.717) is 5.52 Å². The van der Waals surface area contributed by atoms with Crippen LogP contribution in [0.15, 0.2) is 115 Å². The van der Waals surface area contributed by atoms with Crippen molar-refractivity contribution in [2.45, 2.75) is 5.40 Å². The Morgan fingerprint density at radius 2 is 1.20 bits per heavy atom. The van der Waals surface area contributed by atoms with Gasteiger partial charge in [-0.15, -0.1) is 11.3 Å². The Bertz CT molecular complexity index is 2220. The second kappa shape index (κ2) is 8.56. The summed E-state index contributed by atoms with van der Waals surface area (Å²) in [5, 5.41) is 15.5. The Balaban J connectivity index is 1.59. The number of imidazole rings is 1. The number of hydrogen-bond acceptors (Lipinski definition) is 3. The zero-order chi connectivity index (χ0) is 27.0. The number of para-hydroxylation sites is 2. The van der Waals surface area contributed by atoms with Crippen LogP contribution < -0.4 is 0 Å². The van der Waals surface area contributed by atoms with Crippen molar-refractivity contribution in [2.24, 2.45) is 0 Å². The van der Waals surface area contributed by atoms with Crippen LogP contribution in [0.1, 0.15) is 5.82 Å². The topological polar surface area (TPSA) is 38.1 Å². The van der Waals surface area contributed by atoms with Gasteiger partial charge < -0.3 is 5.11 Å². The molecule has 0 bridgehead atoms. The summed E-state index contributed by atoms with van der Waals surface area (Å²) in [6.45, 7) is 0. The first-order valence-corrected chi connectivity index (χ1v) is 13.9. The molecular formula is C34H20B2N2OS. The van der Waals surface area contributed by atoms with E-state index in [1.54, 1.807) is 0 Å². The van der Waals surface area contributed by atoms with Gasteiger partial charge in [-0.3, -0.25) is 4.57 Å². The number of fused-ring (bicyclic) bond motifs is 6. The molecule has 4 radical (unpaired) electrons. The van der Waals surface area contributed by atoms with Gasteiger partial charge >= 0.3 is 0 Å². The normalized spacial score (nSPS) is 12.3. The molecule has 0 amide bonds. The Morgan fingerprint density at radius 3 is 1.90 bits per heavy atom. The van der Waals surface area contributed by atoms with E-state index in [2.05, 4.69) is 83.8 Å². The van der Waals surface area contributed by atoms with Crippen molar-refractivity contribution in [1.29, 1.82) is 0 Å². The monoisotopic (exact) mass is 526 g/mol. The molecule has 40 heavy (non-hydrogen) atoms. The lowest BCUT2D eigenvalue weighted by atomic mass is 9.65. The van der Waals surface area contributed by atoms with Gasteiger partial charge in [-0.1, -0.05) is 91.0 Å². The van der Waals surface area contributed by atoms with E-state index in [0.717, 1.165) is 32.7 Å². The molecule has 0 saturated heterocycles. The summed E-state index contributed by atoms with van der Waals surface area (Å²) in [5.41, 5.74) is 4.78. The molecule has 0 aliphatic carbocycles. The molecule has 0 aliphatic rings. The SMILES string of the molecule is [B]C([B])(O)c1nc2ccccc2n1-c1c2ccccc2c(-c2cccc3sc4ccccc4c23)c2ccccc12. The summed E-state index contributed by atoms with van der Waals surface area (Å²) in [6.07, 6.45) is 0. The molecule has 6 heteroatoms. The summed E-state index contributed by atoms with van der Waals surface area (Å²) in [7, 11) is 12.2. The molecule has 8 aromatic rings. The molecule has 2 aromatic heterocycles. The number of rotatable bonds is 3. The minimum atomic E-state index is -2.14. The number of aliphatic hydroxyl groups is 1. The molecule has 0 spiro atoms. The molecule has 1 N–H and O–H groups in total. The second-order valence-electron chi connectivity index (χ2n) is 10.2. The molecule has 3 nitrogen and oxygen atoms in total. The van der Waals surface area contributed by atoms with Crippen LogP contribution in [0.25, 0.3) is 69.6 Å². The van der Waals surface area contributed by atoms with Gasteiger partial charge in [0.2, 0.25) is 0 Å². The quantitative estimate of drug-likeness (QED) is 0.189. The van der Waals surface area contributed by atoms with E-state index in [9.17, 15) is 5.11 Å². The number of thiophene rings is 1. The third-order valence-electron chi connectivity index (χ3n) is 7.72.